The predicted molar refractivity (Wildman–Crippen MR) is 80.1 cm³/mol. The molecule has 0 spiro atoms. The van der Waals surface area contributed by atoms with Crippen LogP contribution in [0.25, 0.3) is 0 Å². The van der Waals surface area contributed by atoms with Crippen molar-refractivity contribution in [3.63, 3.8) is 0 Å². The van der Waals surface area contributed by atoms with E-state index >= 15 is 0 Å². The number of rotatable bonds is 6. The zero-order chi connectivity index (χ0) is 14.5. The van der Waals surface area contributed by atoms with Crippen LogP contribution in [-0.4, -0.2) is 18.5 Å². The van der Waals surface area contributed by atoms with E-state index in [0.29, 0.717) is 0 Å². The first-order valence-corrected chi connectivity index (χ1v) is 6.99. The van der Waals surface area contributed by atoms with Gasteiger partial charge in [-0.3, -0.25) is 4.79 Å². The smallest absolute Gasteiger partial charge is 0.237 e. The highest BCUT2D eigenvalue weighted by Gasteiger charge is 2.24. The Kier molecular flexibility index (Phi) is 5.55. The molecule has 1 atom stereocenters. The molecular formula is C16H26N2O. The molecule has 0 radical (unpaired) electrons. The monoisotopic (exact) mass is 262 g/mol. The standard InChI is InChI=1S/C16H26N2O/c1-6-11-17-13(3)15(19)18-16(4,5)14-9-7-12(2)8-10-14/h7-10,13,17H,6,11H2,1-5H3,(H,18,19). The third-order valence-electron chi connectivity index (χ3n) is 3.30. The second kappa shape index (κ2) is 6.71. The van der Waals surface area contributed by atoms with Crippen molar-refractivity contribution in [2.75, 3.05) is 6.54 Å². The normalized spacial score (nSPS) is 13.1. The van der Waals surface area contributed by atoms with E-state index in [9.17, 15) is 4.79 Å². The highest BCUT2D eigenvalue weighted by Crippen LogP contribution is 2.20. The van der Waals surface area contributed by atoms with Gasteiger partial charge in [0.25, 0.3) is 0 Å². The topological polar surface area (TPSA) is 41.1 Å². The lowest BCUT2D eigenvalue weighted by Crippen LogP contribution is -2.49. The molecule has 1 aromatic carbocycles. The number of amides is 1. The van der Waals surface area contributed by atoms with Crippen LogP contribution in [0.5, 0.6) is 0 Å². The summed E-state index contributed by atoms with van der Waals surface area (Å²) >= 11 is 0. The lowest BCUT2D eigenvalue weighted by molar-refractivity contribution is -0.124. The quantitative estimate of drug-likeness (QED) is 0.827. The van der Waals surface area contributed by atoms with E-state index in [1.54, 1.807) is 0 Å². The summed E-state index contributed by atoms with van der Waals surface area (Å²) in [7, 11) is 0. The van der Waals surface area contributed by atoms with Crippen LogP contribution in [-0.2, 0) is 10.3 Å². The van der Waals surface area contributed by atoms with Crippen LogP contribution < -0.4 is 10.6 Å². The molecule has 0 heterocycles. The van der Waals surface area contributed by atoms with Gasteiger partial charge in [0.2, 0.25) is 5.91 Å². The summed E-state index contributed by atoms with van der Waals surface area (Å²) < 4.78 is 0. The van der Waals surface area contributed by atoms with Crippen LogP contribution in [0.4, 0.5) is 0 Å². The van der Waals surface area contributed by atoms with Gasteiger partial charge in [0, 0.05) is 0 Å². The molecule has 0 aliphatic rings. The van der Waals surface area contributed by atoms with Crippen LogP contribution >= 0.6 is 0 Å². The molecule has 0 bridgehead atoms. The highest BCUT2D eigenvalue weighted by atomic mass is 16.2. The molecule has 1 unspecified atom stereocenters. The third kappa shape index (κ3) is 4.67. The summed E-state index contributed by atoms with van der Waals surface area (Å²) in [6.45, 7) is 11.0. The minimum Gasteiger partial charge on any atom is -0.346 e. The Morgan fingerprint density at radius 2 is 1.84 bits per heavy atom. The number of carbonyl (C=O) groups is 1. The number of hydrogen-bond acceptors (Lipinski definition) is 2. The zero-order valence-corrected chi connectivity index (χ0v) is 12.7. The first-order valence-electron chi connectivity index (χ1n) is 6.99. The van der Waals surface area contributed by atoms with E-state index in [0.717, 1.165) is 18.5 Å². The van der Waals surface area contributed by atoms with Crippen LogP contribution in [0, 0.1) is 6.92 Å². The van der Waals surface area contributed by atoms with Gasteiger partial charge in [-0.25, -0.2) is 0 Å². The van der Waals surface area contributed by atoms with Crippen molar-refractivity contribution in [3.05, 3.63) is 35.4 Å². The largest absolute Gasteiger partial charge is 0.346 e. The van der Waals surface area contributed by atoms with Gasteiger partial charge < -0.3 is 10.6 Å². The van der Waals surface area contributed by atoms with Crippen molar-refractivity contribution in [2.45, 2.75) is 52.6 Å². The van der Waals surface area contributed by atoms with E-state index in [4.69, 9.17) is 0 Å². The van der Waals surface area contributed by atoms with Gasteiger partial charge in [-0.2, -0.15) is 0 Å². The maximum atomic E-state index is 12.1. The molecule has 0 aliphatic heterocycles. The third-order valence-corrected chi connectivity index (χ3v) is 3.30. The molecule has 1 amide bonds. The van der Waals surface area contributed by atoms with Crippen molar-refractivity contribution >= 4 is 5.91 Å². The van der Waals surface area contributed by atoms with E-state index in [2.05, 4.69) is 48.7 Å². The van der Waals surface area contributed by atoms with Gasteiger partial charge in [0.1, 0.15) is 0 Å². The zero-order valence-electron chi connectivity index (χ0n) is 12.7. The fourth-order valence-corrected chi connectivity index (χ4v) is 1.91. The minimum atomic E-state index is -0.354. The van der Waals surface area contributed by atoms with Crippen LogP contribution in [0.1, 0.15) is 45.2 Å². The first-order chi connectivity index (χ1) is 8.86. The summed E-state index contributed by atoms with van der Waals surface area (Å²) in [6, 6.07) is 8.12. The fraction of sp³-hybridized carbons (Fsp3) is 0.562. The molecule has 0 fully saturated rings. The maximum absolute atomic E-state index is 12.1. The second-order valence-electron chi connectivity index (χ2n) is 5.66. The summed E-state index contributed by atoms with van der Waals surface area (Å²) in [6.07, 6.45) is 1.03. The van der Waals surface area contributed by atoms with Gasteiger partial charge in [0.05, 0.1) is 11.6 Å². The Balaban J connectivity index is 2.68. The Hall–Kier alpha value is -1.35. The molecule has 19 heavy (non-hydrogen) atoms. The summed E-state index contributed by atoms with van der Waals surface area (Å²) in [4.78, 5) is 12.1. The lowest BCUT2D eigenvalue weighted by Gasteiger charge is -2.29. The number of carbonyl (C=O) groups excluding carboxylic acids is 1. The van der Waals surface area contributed by atoms with Gasteiger partial charge >= 0.3 is 0 Å². The lowest BCUT2D eigenvalue weighted by atomic mass is 9.93. The minimum absolute atomic E-state index is 0.0408. The van der Waals surface area contributed by atoms with Gasteiger partial charge in [-0.1, -0.05) is 36.8 Å². The molecule has 0 saturated heterocycles. The molecule has 3 nitrogen and oxygen atoms in total. The highest BCUT2D eigenvalue weighted by molar-refractivity contribution is 5.82. The summed E-state index contributed by atoms with van der Waals surface area (Å²) in [5, 5.41) is 6.30. The van der Waals surface area contributed by atoms with E-state index < -0.39 is 0 Å². The fourth-order valence-electron chi connectivity index (χ4n) is 1.91. The Morgan fingerprint density at radius 3 is 2.37 bits per heavy atom. The van der Waals surface area contributed by atoms with Crippen molar-refractivity contribution in [3.8, 4) is 0 Å². The average molecular weight is 262 g/mol. The number of nitrogens with one attached hydrogen (secondary N) is 2. The SMILES string of the molecule is CCCNC(C)C(=O)NC(C)(C)c1ccc(C)cc1. The van der Waals surface area contributed by atoms with Crippen molar-refractivity contribution in [2.24, 2.45) is 0 Å². The maximum Gasteiger partial charge on any atom is 0.237 e. The first kappa shape index (κ1) is 15.7. The van der Waals surface area contributed by atoms with Gasteiger partial charge in [-0.05, 0) is 46.2 Å². The van der Waals surface area contributed by atoms with Crippen molar-refractivity contribution < 1.29 is 4.79 Å². The number of aryl methyl sites for hydroxylation is 1. The molecule has 3 heteroatoms. The average Bonchev–Trinajstić information content (AvgIpc) is 2.35. The predicted octanol–water partition coefficient (Wildman–Crippen LogP) is 2.73. The van der Waals surface area contributed by atoms with Crippen LogP contribution in [0.15, 0.2) is 24.3 Å². The van der Waals surface area contributed by atoms with E-state index in [1.165, 1.54) is 5.56 Å². The van der Waals surface area contributed by atoms with Crippen molar-refractivity contribution in [1.82, 2.24) is 10.6 Å². The Labute approximate surface area is 116 Å². The molecule has 1 aromatic rings. The molecule has 0 aliphatic carbocycles. The van der Waals surface area contributed by atoms with E-state index in [1.807, 2.05) is 20.8 Å². The Bertz CT molecular complexity index is 409. The Morgan fingerprint density at radius 1 is 1.26 bits per heavy atom. The molecule has 106 valence electrons. The molecule has 0 aromatic heterocycles. The second-order valence-corrected chi connectivity index (χ2v) is 5.66. The van der Waals surface area contributed by atoms with Gasteiger partial charge in [-0.15, -0.1) is 0 Å². The van der Waals surface area contributed by atoms with Crippen LogP contribution in [0.2, 0.25) is 0 Å². The number of hydrogen-bond donors (Lipinski definition) is 2. The van der Waals surface area contributed by atoms with Crippen molar-refractivity contribution in [1.29, 1.82) is 0 Å². The molecular weight excluding hydrogens is 236 g/mol. The summed E-state index contributed by atoms with van der Waals surface area (Å²) in [5.41, 5.74) is 1.99. The molecule has 2 N–H and O–H groups in total. The van der Waals surface area contributed by atoms with Crippen LogP contribution in [0.3, 0.4) is 0 Å². The van der Waals surface area contributed by atoms with Gasteiger partial charge in [0.15, 0.2) is 0 Å². The number of benzene rings is 1. The van der Waals surface area contributed by atoms with E-state index in [-0.39, 0.29) is 17.5 Å². The summed E-state index contributed by atoms with van der Waals surface area (Å²) in [5.74, 6) is 0.0408. The molecule has 1 rings (SSSR count). The molecule has 0 saturated carbocycles.